The summed E-state index contributed by atoms with van der Waals surface area (Å²) in [6, 6.07) is 6.06. The van der Waals surface area contributed by atoms with Gasteiger partial charge in [-0.05, 0) is 37.2 Å². The van der Waals surface area contributed by atoms with E-state index in [-0.39, 0.29) is 4.90 Å². The summed E-state index contributed by atoms with van der Waals surface area (Å²) >= 11 is 0. The minimum atomic E-state index is -3.20. The molecule has 6 heteroatoms. The molecule has 1 aromatic carbocycles. The Hall–Kier alpha value is -1.14. The third-order valence-corrected chi connectivity index (χ3v) is 4.02. The summed E-state index contributed by atoms with van der Waals surface area (Å²) in [6.07, 6.45) is 0.256. The topological polar surface area (TPSA) is 55.4 Å². The molecule has 2 rings (SSSR count). The zero-order valence-corrected chi connectivity index (χ0v) is 10.9. The van der Waals surface area contributed by atoms with Crippen molar-refractivity contribution in [2.75, 3.05) is 19.3 Å². The molecule has 18 heavy (non-hydrogen) atoms. The second-order valence-electron chi connectivity index (χ2n) is 4.41. The van der Waals surface area contributed by atoms with Crippen LogP contribution in [0.5, 0.6) is 5.75 Å². The van der Waals surface area contributed by atoms with Gasteiger partial charge in [-0.3, -0.25) is 0 Å². The Morgan fingerprint density at radius 3 is 2.56 bits per heavy atom. The van der Waals surface area contributed by atoms with E-state index in [9.17, 15) is 12.8 Å². The number of ether oxygens (including phenoxy) is 1. The molecule has 0 spiro atoms. The smallest absolute Gasteiger partial charge is 0.175 e. The summed E-state index contributed by atoms with van der Waals surface area (Å²) in [5.74, 6) is 0.497. The highest BCUT2D eigenvalue weighted by molar-refractivity contribution is 7.90. The van der Waals surface area contributed by atoms with Crippen LogP contribution in [-0.2, 0) is 9.84 Å². The predicted molar refractivity (Wildman–Crippen MR) is 66.4 cm³/mol. The number of piperidine rings is 1. The van der Waals surface area contributed by atoms with Crippen LogP contribution in [0.25, 0.3) is 0 Å². The van der Waals surface area contributed by atoms with Gasteiger partial charge in [-0.15, -0.1) is 0 Å². The van der Waals surface area contributed by atoms with E-state index in [1.807, 2.05) is 0 Å². The molecule has 0 amide bonds. The van der Waals surface area contributed by atoms with Crippen LogP contribution in [-0.4, -0.2) is 40.0 Å². The summed E-state index contributed by atoms with van der Waals surface area (Å²) in [5.41, 5.74) is 0. The van der Waals surface area contributed by atoms with Gasteiger partial charge in [0, 0.05) is 12.8 Å². The molecule has 1 aliphatic heterocycles. The first-order valence-electron chi connectivity index (χ1n) is 5.78. The van der Waals surface area contributed by atoms with Crippen LogP contribution in [0.3, 0.4) is 0 Å². The lowest BCUT2D eigenvalue weighted by Gasteiger charge is -2.27. The SMILES string of the molecule is CS(=O)(=O)c1ccc(O[C@H]2CCNC[C@H]2F)cc1. The van der Waals surface area contributed by atoms with Crippen molar-refractivity contribution in [1.29, 1.82) is 0 Å². The second-order valence-corrected chi connectivity index (χ2v) is 6.42. The first kappa shape index (κ1) is 13.3. The maximum atomic E-state index is 13.5. The number of hydrogen-bond donors (Lipinski definition) is 1. The Morgan fingerprint density at radius 2 is 2.00 bits per heavy atom. The van der Waals surface area contributed by atoms with Gasteiger partial charge in [0.1, 0.15) is 18.0 Å². The maximum absolute atomic E-state index is 13.5. The van der Waals surface area contributed by atoms with E-state index in [0.29, 0.717) is 18.7 Å². The molecule has 1 fully saturated rings. The third-order valence-electron chi connectivity index (χ3n) is 2.89. The molecule has 1 heterocycles. The molecule has 100 valence electrons. The fourth-order valence-electron chi connectivity index (χ4n) is 1.87. The molecule has 0 bridgehead atoms. The normalized spacial score (nSPS) is 24.8. The molecule has 4 nitrogen and oxygen atoms in total. The Bertz CT molecular complexity index is 501. The van der Waals surface area contributed by atoms with E-state index in [0.717, 1.165) is 12.8 Å². The molecule has 2 atom stereocenters. The highest BCUT2D eigenvalue weighted by Gasteiger charge is 2.26. The summed E-state index contributed by atoms with van der Waals surface area (Å²) < 4.78 is 41.6. The number of hydrogen-bond acceptors (Lipinski definition) is 4. The van der Waals surface area contributed by atoms with Crippen LogP contribution >= 0.6 is 0 Å². The predicted octanol–water partition coefficient (Wildman–Crippen LogP) is 1.17. The Balaban J connectivity index is 2.06. The molecule has 0 aromatic heterocycles. The van der Waals surface area contributed by atoms with Gasteiger partial charge in [0.25, 0.3) is 0 Å². The molecule has 1 aromatic rings. The van der Waals surface area contributed by atoms with Gasteiger partial charge >= 0.3 is 0 Å². The van der Waals surface area contributed by atoms with E-state index in [2.05, 4.69) is 5.32 Å². The van der Waals surface area contributed by atoms with Gasteiger partial charge in [-0.1, -0.05) is 0 Å². The van der Waals surface area contributed by atoms with Crippen LogP contribution in [0.4, 0.5) is 4.39 Å². The Labute approximate surface area is 106 Å². The van der Waals surface area contributed by atoms with Crippen molar-refractivity contribution < 1.29 is 17.5 Å². The number of nitrogens with one attached hydrogen (secondary N) is 1. The van der Waals surface area contributed by atoms with E-state index >= 15 is 0 Å². The largest absolute Gasteiger partial charge is 0.487 e. The minimum Gasteiger partial charge on any atom is -0.487 e. The van der Waals surface area contributed by atoms with Crippen molar-refractivity contribution >= 4 is 9.84 Å². The van der Waals surface area contributed by atoms with Crippen molar-refractivity contribution in [3.8, 4) is 5.75 Å². The van der Waals surface area contributed by atoms with Gasteiger partial charge in [0.2, 0.25) is 0 Å². The molecular formula is C12H16FNO3S. The van der Waals surface area contributed by atoms with Gasteiger partial charge in [-0.2, -0.15) is 0 Å². The Kier molecular flexibility index (Phi) is 3.87. The first-order chi connectivity index (χ1) is 8.47. The van der Waals surface area contributed by atoms with E-state index in [1.54, 1.807) is 12.1 Å². The summed E-state index contributed by atoms with van der Waals surface area (Å²) in [4.78, 5) is 0.233. The quantitative estimate of drug-likeness (QED) is 0.898. The van der Waals surface area contributed by atoms with Gasteiger partial charge < -0.3 is 10.1 Å². The summed E-state index contributed by atoms with van der Waals surface area (Å²) in [7, 11) is -3.20. The fraction of sp³-hybridized carbons (Fsp3) is 0.500. The third kappa shape index (κ3) is 3.20. The second kappa shape index (κ2) is 5.24. The van der Waals surface area contributed by atoms with E-state index in [4.69, 9.17) is 4.74 Å². The minimum absolute atomic E-state index is 0.233. The molecule has 0 unspecified atom stereocenters. The molecule has 1 saturated heterocycles. The number of alkyl halides is 1. The van der Waals surface area contributed by atoms with Gasteiger partial charge in [0.15, 0.2) is 9.84 Å². The lowest BCUT2D eigenvalue weighted by molar-refractivity contribution is 0.0731. The van der Waals surface area contributed by atoms with Crippen molar-refractivity contribution in [2.45, 2.75) is 23.6 Å². The van der Waals surface area contributed by atoms with Crippen LogP contribution in [0.1, 0.15) is 6.42 Å². The van der Waals surface area contributed by atoms with Crippen LogP contribution < -0.4 is 10.1 Å². The highest BCUT2D eigenvalue weighted by atomic mass is 32.2. The molecular weight excluding hydrogens is 257 g/mol. The number of sulfone groups is 1. The van der Waals surface area contributed by atoms with Crippen molar-refractivity contribution in [3.63, 3.8) is 0 Å². The first-order valence-corrected chi connectivity index (χ1v) is 7.67. The van der Waals surface area contributed by atoms with Crippen molar-refractivity contribution in [1.82, 2.24) is 5.32 Å². The number of benzene rings is 1. The standard InChI is InChI=1S/C12H16FNO3S/c1-18(15,16)10-4-2-9(3-5-10)17-12-6-7-14-8-11(12)13/h2-5,11-12,14H,6-8H2,1H3/t11-,12+/m1/s1. The zero-order chi connectivity index (χ0) is 13.2. The summed E-state index contributed by atoms with van der Waals surface area (Å²) in [5, 5.41) is 2.94. The van der Waals surface area contributed by atoms with Crippen molar-refractivity contribution in [2.24, 2.45) is 0 Å². The average Bonchev–Trinajstić information content (AvgIpc) is 2.32. The number of rotatable bonds is 3. The van der Waals surface area contributed by atoms with E-state index in [1.165, 1.54) is 12.1 Å². The summed E-state index contributed by atoms with van der Waals surface area (Å²) in [6.45, 7) is 1.03. The maximum Gasteiger partial charge on any atom is 0.175 e. The number of halogens is 1. The van der Waals surface area contributed by atoms with Gasteiger partial charge in [-0.25, -0.2) is 12.8 Å². The highest BCUT2D eigenvalue weighted by Crippen LogP contribution is 2.20. The molecule has 0 aliphatic carbocycles. The van der Waals surface area contributed by atoms with Crippen LogP contribution in [0, 0.1) is 0 Å². The molecule has 0 radical (unpaired) electrons. The van der Waals surface area contributed by atoms with Crippen LogP contribution in [0.2, 0.25) is 0 Å². The lowest BCUT2D eigenvalue weighted by atomic mass is 10.1. The lowest BCUT2D eigenvalue weighted by Crippen LogP contribution is -2.44. The van der Waals surface area contributed by atoms with Crippen molar-refractivity contribution in [3.05, 3.63) is 24.3 Å². The van der Waals surface area contributed by atoms with Crippen LogP contribution in [0.15, 0.2) is 29.2 Å². The molecule has 1 aliphatic rings. The monoisotopic (exact) mass is 273 g/mol. The zero-order valence-electron chi connectivity index (χ0n) is 10.1. The Morgan fingerprint density at radius 1 is 1.33 bits per heavy atom. The molecule has 0 saturated carbocycles. The fourth-order valence-corrected chi connectivity index (χ4v) is 2.50. The average molecular weight is 273 g/mol. The van der Waals surface area contributed by atoms with E-state index < -0.39 is 22.1 Å². The molecule has 1 N–H and O–H groups in total. The van der Waals surface area contributed by atoms with Gasteiger partial charge in [0.05, 0.1) is 4.90 Å².